The molecule has 0 radical (unpaired) electrons. The standard InChI is InChI=1S/C14H15N5O2/c1-3-21-10-6-4-5-9(7-10)19-12-11(18-14(19)15)13(20-2)17-8-16-12/h4-8H,3H2,1-2H3,(H2,15,18). The maximum Gasteiger partial charge on any atom is 0.245 e. The third-order valence-corrected chi connectivity index (χ3v) is 3.02. The Hall–Kier alpha value is -2.83. The highest BCUT2D eigenvalue weighted by molar-refractivity contribution is 5.81. The van der Waals surface area contributed by atoms with E-state index in [4.69, 9.17) is 15.2 Å². The van der Waals surface area contributed by atoms with Crippen molar-refractivity contribution in [1.82, 2.24) is 19.5 Å². The lowest BCUT2D eigenvalue weighted by molar-refractivity contribution is 0.340. The number of rotatable bonds is 4. The molecular formula is C14H15N5O2. The van der Waals surface area contributed by atoms with Gasteiger partial charge in [-0.25, -0.2) is 9.97 Å². The number of benzene rings is 1. The monoisotopic (exact) mass is 285 g/mol. The molecule has 3 aromatic rings. The molecule has 0 aliphatic heterocycles. The lowest BCUT2D eigenvalue weighted by Gasteiger charge is -2.08. The number of imidazole rings is 1. The normalized spacial score (nSPS) is 10.8. The maximum atomic E-state index is 6.02. The lowest BCUT2D eigenvalue weighted by Crippen LogP contribution is -2.02. The molecule has 0 fully saturated rings. The second-order valence-electron chi connectivity index (χ2n) is 4.29. The third kappa shape index (κ3) is 2.22. The Morgan fingerprint density at radius 1 is 1.29 bits per heavy atom. The highest BCUT2D eigenvalue weighted by atomic mass is 16.5. The molecule has 2 N–H and O–H groups in total. The minimum absolute atomic E-state index is 0.317. The predicted octanol–water partition coefficient (Wildman–Crippen LogP) is 1.80. The van der Waals surface area contributed by atoms with Crippen LogP contribution in [-0.2, 0) is 0 Å². The van der Waals surface area contributed by atoms with Gasteiger partial charge < -0.3 is 15.2 Å². The Morgan fingerprint density at radius 3 is 2.90 bits per heavy atom. The van der Waals surface area contributed by atoms with Crippen LogP contribution >= 0.6 is 0 Å². The van der Waals surface area contributed by atoms with Gasteiger partial charge in [-0.2, -0.15) is 4.98 Å². The van der Waals surface area contributed by atoms with E-state index in [1.54, 1.807) is 4.57 Å². The van der Waals surface area contributed by atoms with Crippen LogP contribution in [0.4, 0.5) is 5.95 Å². The van der Waals surface area contributed by atoms with Gasteiger partial charge in [0.1, 0.15) is 12.1 Å². The van der Waals surface area contributed by atoms with E-state index in [0.29, 0.717) is 29.6 Å². The minimum atomic E-state index is 0.317. The number of hydrogen-bond acceptors (Lipinski definition) is 6. The molecule has 0 aliphatic carbocycles. The molecule has 1 aromatic carbocycles. The van der Waals surface area contributed by atoms with Crippen molar-refractivity contribution >= 4 is 17.1 Å². The van der Waals surface area contributed by atoms with Crippen LogP contribution in [0, 0.1) is 0 Å². The largest absolute Gasteiger partial charge is 0.494 e. The van der Waals surface area contributed by atoms with Crippen LogP contribution in [0.15, 0.2) is 30.6 Å². The Bertz CT molecular complexity index is 784. The van der Waals surface area contributed by atoms with Gasteiger partial charge in [-0.15, -0.1) is 0 Å². The summed E-state index contributed by atoms with van der Waals surface area (Å²) in [5.74, 6) is 1.47. The fraction of sp³-hybridized carbons (Fsp3) is 0.214. The fourth-order valence-electron chi connectivity index (χ4n) is 2.17. The number of nitrogens with two attached hydrogens (primary N) is 1. The molecule has 0 saturated heterocycles. The van der Waals surface area contributed by atoms with Crippen molar-refractivity contribution in [2.75, 3.05) is 19.5 Å². The summed E-state index contributed by atoms with van der Waals surface area (Å²) in [6.07, 6.45) is 1.42. The number of nitrogens with zero attached hydrogens (tertiary/aromatic N) is 4. The molecule has 7 heteroatoms. The summed E-state index contributed by atoms with van der Waals surface area (Å²) in [4.78, 5) is 12.6. The zero-order valence-corrected chi connectivity index (χ0v) is 11.8. The smallest absolute Gasteiger partial charge is 0.245 e. The van der Waals surface area contributed by atoms with Crippen molar-refractivity contribution in [3.8, 4) is 17.3 Å². The average molecular weight is 285 g/mol. The predicted molar refractivity (Wildman–Crippen MR) is 78.8 cm³/mol. The zero-order valence-electron chi connectivity index (χ0n) is 11.8. The van der Waals surface area contributed by atoms with Gasteiger partial charge in [0.2, 0.25) is 11.8 Å². The first kappa shape index (κ1) is 13.2. The van der Waals surface area contributed by atoms with E-state index < -0.39 is 0 Å². The van der Waals surface area contributed by atoms with Crippen LogP contribution in [0.5, 0.6) is 11.6 Å². The first-order valence-electron chi connectivity index (χ1n) is 6.50. The van der Waals surface area contributed by atoms with E-state index in [9.17, 15) is 0 Å². The minimum Gasteiger partial charge on any atom is -0.494 e. The van der Waals surface area contributed by atoms with Crippen LogP contribution in [0.3, 0.4) is 0 Å². The molecule has 0 saturated carbocycles. The van der Waals surface area contributed by atoms with Crippen molar-refractivity contribution in [3.63, 3.8) is 0 Å². The van der Waals surface area contributed by atoms with E-state index >= 15 is 0 Å². The molecule has 0 atom stereocenters. The van der Waals surface area contributed by atoms with Gasteiger partial charge >= 0.3 is 0 Å². The molecule has 0 bridgehead atoms. The Kier molecular flexibility index (Phi) is 3.31. The topological polar surface area (TPSA) is 88.1 Å². The molecule has 0 amide bonds. The van der Waals surface area contributed by atoms with Crippen molar-refractivity contribution in [1.29, 1.82) is 0 Å². The van der Waals surface area contributed by atoms with E-state index in [0.717, 1.165) is 11.4 Å². The SMILES string of the molecule is CCOc1cccc(-n2c(N)nc3c(OC)ncnc32)c1. The van der Waals surface area contributed by atoms with Gasteiger partial charge in [0.15, 0.2) is 11.2 Å². The number of methoxy groups -OCH3 is 1. The quantitative estimate of drug-likeness (QED) is 0.786. The first-order valence-corrected chi connectivity index (χ1v) is 6.50. The molecule has 3 rings (SSSR count). The second kappa shape index (κ2) is 5.28. The van der Waals surface area contributed by atoms with E-state index in [2.05, 4.69) is 15.0 Å². The van der Waals surface area contributed by atoms with Crippen molar-refractivity contribution in [2.45, 2.75) is 6.92 Å². The number of nitrogen functional groups attached to an aromatic ring is 1. The van der Waals surface area contributed by atoms with Crippen molar-refractivity contribution in [2.24, 2.45) is 0 Å². The fourth-order valence-corrected chi connectivity index (χ4v) is 2.17. The molecule has 2 heterocycles. The Labute approximate surface area is 121 Å². The highest BCUT2D eigenvalue weighted by Gasteiger charge is 2.16. The zero-order chi connectivity index (χ0) is 14.8. The van der Waals surface area contributed by atoms with Crippen LogP contribution in [0.2, 0.25) is 0 Å². The molecule has 2 aromatic heterocycles. The average Bonchev–Trinajstić information content (AvgIpc) is 2.83. The van der Waals surface area contributed by atoms with Crippen LogP contribution in [-0.4, -0.2) is 33.2 Å². The summed E-state index contributed by atoms with van der Waals surface area (Å²) < 4.78 is 12.4. The van der Waals surface area contributed by atoms with Crippen molar-refractivity contribution < 1.29 is 9.47 Å². The number of aromatic nitrogens is 4. The van der Waals surface area contributed by atoms with Crippen LogP contribution in [0.1, 0.15) is 6.92 Å². The van der Waals surface area contributed by atoms with Gasteiger partial charge in [0, 0.05) is 6.07 Å². The summed E-state index contributed by atoms with van der Waals surface area (Å²) in [5.41, 5.74) is 7.96. The van der Waals surface area contributed by atoms with E-state index in [-0.39, 0.29) is 0 Å². The number of fused-ring (bicyclic) bond motifs is 1. The van der Waals surface area contributed by atoms with Gasteiger partial charge in [0.05, 0.1) is 19.4 Å². The van der Waals surface area contributed by atoms with Crippen LogP contribution < -0.4 is 15.2 Å². The highest BCUT2D eigenvalue weighted by Crippen LogP contribution is 2.27. The molecule has 0 aliphatic rings. The molecular weight excluding hydrogens is 270 g/mol. The van der Waals surface area contributed by atoms with Gasteiger partial charge in [0.25, 0.3) is 0 Å². The number of anilines is 1. The summed E-state index contributed by atoms with van der Waals surface area (Å²) in [6.45, 7) is 2.53. The van der Waals surface area contributed by atoms with Gasteiger partial charge in [-0.3, -0.25) is 4.57 Å². The Balaban J connectivity index is 2.20. The maximum absolute atomic E-state index is 6.02. The van der Waals surface area contributed by atoms with Gasteiger partial charge in [-0.05, 0) is 19.1 Å². The second-order valence-corrected chi connectivity index (χ2v) is 4.29. The number of ether oxygens (including phenoxy) is 2. The molecule has 21 heavy (non-hydrogen) atoms. The van der Waals surface area contributed by atoms with Crippen LogP contribution in [0.25, 0.3) is 16.9 Å². The summed E-state index contributed by atoms with van der Waals surface area (Å²) in [7, 11) is 1.53. The third-order valence-electron chi connectivity index (χ3n) is 3.02. The van der Waals surface area contributed by atoms with E-state index in [1.807, 2.05) is 31.2 Å². The van der Waals surface area contributed by atoms with Gasteiger partial charge in [-0.1, -0.05) is 6.07 Å². The molecule has 0 unspecified atom stereocenters. The molecule has 108 valence electrons. The molecule has 7 nitrogen and oxygen atoms in total. The summed E-state index contributed by atoms with van der Waals surface area (Å²) in [6, 6.07) is 7.58. The first-order chi connectivity index (χ1) is 10.2. The summed E-state index contributed by atoms with van der Waals surface area (Å²) in [5, 5.41) is 0. The van der Waals surface area contributed by atoms with Crippen molar-refractivity contribution in [3.05, 3.63) is 30.6 Å². The number of hydrogen-bond donors (Lipinski definition) is 1. The summed E-state index contributed by atoms with van der Waals surface area (Å²) >= 11 is 0. The lowest BCUT2D eigenvalue weighted by atomic mass is 10.3. The van der Waals surface area contributed by atoms with E-state index in [1.165, 1.54) is 13.4 Å². The molecule has 0 spiro atoms. The Morgan fingerprint density at radius 2 is 2.14 bits per heavy atom.